The highest BCUT2D eigenvalue weighted by Gasteiger charge is 2.20. The van der Waals surface area contributed by atoms with Crippen LogP contribution in [0.5, 0.6) is 0 Å². The van der Waals surface area contributed by atoms with Gasteiger partial charge in [-0.3, -0.25) is 4.79 Å². The number of carbonyl (C=O) groups is 1. The molecular formula is C26H25FN6O2. The first-order valence-corrected chi connectivity index (χ1v) is 11.3. The Morgan fingerprint density at radius 2 is 2.03 bits per heavy atom. The number of nitrogens with one attached hydrogen (secondary N) is 1. The van der Waals surface area contributed by atoms with E-state index in [0.717, 1.165) is 17.1 Å². The third-order valence-electron chi connectivity index (χ3n) is 5.87. The summed E-state index contributed by atoms with van der Waals surface area (Å²) >= 11 is 0. The molecule has 8 nitrogen and oxygen atoms in total. The van der Waals surface area contributed by atoms with Gasteiger partial charge in [-0.15, -0.1) is 0 Å². The molecule has 0 fully saturated rings. The number of halogens is 1. The highest BCUT2D eigenvalue weighted by Crippen LogP contribution is 2.30. The van der Waals surface area contributed by atoms with E-state index < -0.39 is 5.82 Å². The van der Waals surface area contributed by atoms with Gasteiger partial charge in [-0.05, 0) is 57.5 Å². The number of furan rings is 1. The maximum atomic E-state index is 14.6. The summed E-state index contributed by atoms with van der Waals surface area (Å²) in [4.78, 5) is 22.1. The van der Waals surface area contributed by atoms with Crippen LogP contribution < -0.4 is 5.32 Å². The van der Waals surface area contributed by atoms with Gasteiger partial charge in [-0.25, -0.2) is 19.0 Å². The molecular weight excluding hydrogens is 447 g/mol. The van der Waals surface area contributed by atoms with Gasteiger partial charge in [0, 0.05) is 30.5 Å². The van der Waals surface area contributed by atoms with E-state index in [1.54, 1.807) is 46.0 Å². The van der Waals surface area contributed by atoms with E-state index in [-0.39, 0.29) is 18.5 Å². The molecule has 4 aromatic heterocycles. The average molecular weight is 473 g/mol. The summed E-state index contributed by atoms with van der Waals surface area (Å²) in [5, 5.41) is 8.02. The Balaban J connectivity index is 1.47. The van der Waals surface area contributed by atoms with Crippen LogP contribution in [0.1, 0.15) is 47.3 Å². The molecule has 0 saturated carbocycles. The van der Waals surface area contributed by atoms with Crippen molar-refractivity contribution in [2.24, 2.45) is 0 Å². The van der Waals surface area contributed by atoms with Crippen LogP contribution in [-0.2, 0) is 6.54 Å². The van der Waals surface area contributed by atoms with Crippen LogP contribution in [0.15, 0.2) is 59.7 Å². The third kappa shape index (κ3) is 4.21. The molecule has 0 saturated heterocycles. The average Bonchev–Trinajstić information content (AvgIpc) is 3.56. The number of amides is 1. The SMILES string of the molecule is Cc1cc(-c2cc(C(=O)NCc3ccc(-n4ccnc4)c(F)c3)c3cnn(C(C)C)c3n2)c(C)o1. The summed E-state index contributed by atoms with van der Waals surface area (Å²) in [6.07, 6.45) is 6.46. The number of fused-ring (bicyclic) bond motifs is 1. The fraction of sp³-hybridized carbons (Fsp3) is 0.231. The lowest BCUT2D eigenvalue weighted by Gasteiger charge is -2.11. The molecule has 0 spiro atoms. The molecule has 178 valence electrons. The summed E-state index contributed by atoms with van der Waals surface area (Å²) in [6, 6.07) is 8.59. The minimum Gasteiger partial charge on any atom is -0.466 e. The van der Waals surface area contributed by atoms with Crippen molar-refractivity contribution in [1.29, 1.82) is 0 Å². The van der Waals surface area contributed by atoms with Crippen LogP contribution in [0.4, 0.5) is 4.39 Å². The molecule has 0 aliphatic rings. The van der Waals surface area contributed by atoms with Crippen molar-refractivity contribution >= 4 is 16.9 Å². The molecule has 0 unspecified atom stereocenters. The van der Waals surface area contributed by atoms with Crippen molar-refractivity contribution in [3.63, 3.8) is 0 Å². The molecule has 4 heterocycles. The Bertz CT molecular complexity index is 1530. The fourth-order valence-corrected chi connectivity index (χ4v) is 4.16. The van der Waals surface area contributed by atoms with E-state index in [0.29, 0.717) is 33.5 Å². The van der Waals surface area contributed by atoms with Crippen molar-refractivity contribution in [1.82, 2.24) is 29.6 Å². The van der Waals surface area contributed by atoms with Crippen molar-refractivity contribution in [3.05, 3.63) is 83.7 Å². The molecule has 0 aliphatic heterocycles. The minimum absolute atomic E-state index is 0.0651. The van der Waals surface area contributed by atoms with E-state index in [1.165, 1.54) is 12.4 Å². The van der Waals surface area contributed by atoms with Crippen LogP contribution in [0.3, 0.4) is 0 Å². The molecule has 1 amide bonds. The van der Waals surface area contributed by atoms with Gasteiger partial charge in [0.15, 0.2) is 5.65 Å². The summed E-state index contributed by atoms with van der Waals surface area (Å²) in [5.41, 5.74) is 3.57. The zero-order valence-corrected chi connectivity index (χ0v) is 19.9. The highest BCUT2D eigenvalue weighted by atomic mass is 19.1. The first-order chi connectivity index (χ1) is 16.8. The first-order valence-electron chi connectivity index (χ1n) is 11.3. The summed E-state index contributed by atoms with van der Waals surface area (Å²) in [7, 11) is 0. The number of pyridine rings is 1. The second-order valence-electron chi connectivity index (χ2n) is 8.74. The number of aryl methyl sites for hydroxylation is 2. The normalized spacial score (nSPS) is 11.5. The third-order valence-corrected chi connectivity index (χ3v) is 5.87. The Kier molecular flexibility index (Phi) is 5.68. The Hall–Kier alpha value is -4.27. The minimum atomic E-state index is -0.396. The molecule has 1 N–H and O–H groups in total. The number of hydrogen-bond acceptors (Lipinski definition) is 5. The van der Waals surface area contributed by atoms with Crippen LogP contribution in [-0.4, -0.2) is 30.2 Å². The van der Waals surface area contributed by atoms with Gasteiger partial charge in [0.25, 0.3) is 5.91 Å². The van der Waals surface area contributed by atoms with E-state index in [1.807, 2.05) is 33.8 Å². The van der Waals surface area contributed by atoms with Gasteiger partial charge in [0.1, 0.15) is 17.3 Å². The smallest absolute Gasteiger partial charge is 0.252 e. The lowest BCUT2D eigenvalue weighted by molar-refractivity contribution is 0.0952. The number of benzene rings is 1. The second-order valence-corrected chi connectivity index (χ2v) is 8.74. The first kappa shape index (κ1) is 22.5. The largest absolute Gasteiger partial charge is 0.466 e. The lowest BCUT2D eigenvalue weighted by atomic mass is 10.1. The lowest BCUT2D eigenvalue weighted by Crippen LogP contribution is -2.23. The number of hydrogen-bond donors (Lipinski definition) is 1. The van der Waals surface area contributed by atoms with Gasteiger partial charge < -0.3 is 14.3 Å². The highest BCUT2D eigenvalue weighted by molar-refractivity contribution is 6.06. The van der Waals surface area contributed by atoms with E-state index in [2.05, 4.69) is 15.4 Å². The van der Waals surface area contributed by atoms with Gasteiger partial charge in [0.05, 0.1) is 34.9 Å². The van der Waals surface area contributed by atoms with Crippen molar-refractivity contribution in [3.8, 4) is 16.9 Å². The standard InChI is InChI=1S/C26H25FN6O2/c1-15(2)33-25-21(13-30-33)20(11-23(31-25)19-9-16(3)35-17(19)4)26(34)29-12-18-5-6-24(22(27)10-18)32-8-7-28-14-32/h5-11,13-15H,12H2,1-4H3,(H,29,34). The summed E-state index contributed by atoms with van der Waals surface area (Å²) in [6.45, 7) is 7.93. The topological polar surface area (TPSA) is 90.8 Å². The zero-order chi connectivity index (χ0) is 24.7. The van der Waals surface area contributed by atoms with Crippen LogP contribution >= 0.6 is 0 Å². The maximum absolute atomic E-state index is 14.6. The molecule has 5 aromatic rings. The van der Waals surface area contributed by atoms with Crippen molar-refractivity contribution in [2.75, 3.05) is 0 Å². The van der Waals surface area contributed by atoms with Gasteiger partial charge in [0.2, 0.25) is 0 Å². The van der Waals surface area contributed by atoms with Crippen LogP contribution in [0.2, 0.25) is 0 Å². The molecule has 35 heavy (non-hydrogen) atoms. The number of imidazole rings is 1. The molecule has 0 aliphatic carbocycles. The number of aromatic nitrogens is 5. The maximum Gasteiger partial charge on any atom is 0.252 e. The molecule has 0 atom stereocenters. The monoisotopic (exact) mass is 472 g/mol. The van der Waals surface area contributed by atoms with Gasteiger partial charge >= 0.3 is 0 Å². The fourth-order valence-electron chi connectivity index (χ4n) is 4.16. The van der Waals surface area contributed by atoms with Gasteiger partial charge in [-0.2, -0.15) is 5.10 Å². The number of carbonyl (C=O) groups excluding carboxylic acids is 1. The number of nitrogens with zero attached hydrogens (tertiary/aromatic N) is 5. The predicted molar refractivity (Wildman–Crippen MR) is 130 cm³/mol. The Morgan fingerprint density at radius 1 is 1.20 bits per heavy atom. The van der Waals surface area contributed by atoms with Crippen LogP contribution in [0, 0.1) is 19.7 Å². The summed E-state index contributed by atoms with van der Waals surface area (Å²) in [5.74, 6) is 0.806. The van der Waals surface area contributed by atoms with Gasteiger partial charge in [-0.1, -0.05) is 6.07 Å². The van der Waals surface area contributed by atoms with E-state index >= 15 is 0 Å². The van der Waals surface area contributed by atoms with E-state index in [4.69, 9.17) is 9.40 Å². The predicted octanol–water partition coefficient (Wildman–Crippen LogP) is 5.14. The second kappa shape index (κ2) is 8.83. The molecule has 1 aromatic carbocycles. The number of rotatable bonds is 6. The molecule has 5 rings (SSSR count). The quantitative estimate of drug-likeness (QED) is 0.369. The molecule has 9 heteroatoms. The zero-order valence-electron chi connectivity index (χ0n) is 19.9. The molecule has 0 radical (unpaired) electrons. The van der Waals surface area contributed by atoms with Crippen LogP contribution in [0.25, 0.3) is 28.0 Å². The van der Waals surface area contributed by atoms with Crippen molar-refractivity contribution in [2.45, 2.75) is 40.3 Å². The molecule has 0 bridgehead atoms. The van der Waals surface area contributed by atoms with Crippen molar-refractivity contribution < 1.29 is 13.6 Å². The summed E-state index contributed by atoms with van der Waals surface area (Å²) < 4.78 is 23.7. The Labute approximate surface area is 201 Å². The van der Waals surface area contributed by atoms with E-state index in [9.17, 15) is 9.18 Å². The Morgan fingerprint density at radius 3 is 2.69 bits per heavy atom.